The van der Waals surface area contributed by atoms with Crippen molar-refractivity contribution in [1.82, 2.24) is 24.7 Å². The summed E-state index contributed by atoms with van der Waals surface area (Å²) in [5, 5.41) is 5.39. The summed E-state index contributed by atoms with van der Waals surface area (Å²) in [6.45, 7) is 5.58. The minimum atomic E-state index is 0.0786. The number of rotatable bonds is 5. The van der Waals surface area contributed by atoms with Gasteiger partial charge >= 0.3 is 0 Å². The summed E-state index contributed by atoms with van der Waals surface area (Å²) in [5.74, 6) is 1.61. The van der Waals surface area contributed by atoms with E-state index in [1.807, 2.05) is 17.0 Å². The van der Waals surface area contributed by atoms with E-state index < -0.39 is 0 Å². The van der Waals surface area contributed by atoms with Gasteiger partial charge in [-0.05, 0) is 56.1 Å². The Balaban J connectivity index is 1.13. The largest absolute Gasteiger partial charge is 0.340 e. The molecule has 0 saturated carbocycles. The van der Waals surface area contributed by atoms with Crippen molar-refractivity contribution in [2.75, 3.05) is 45.1 Å². The van der Waals surface area contributed by atoms with Crippen LogP contribution in [-0.4, -0.2) is 76.4 Å². The van der Waals surface area contributed by atoms with Gasteiger partial charge in [-0.2, -0.15) is 0 Å². The van der Waals surface area contributed by atoms with Crippen molar-refractivity contribution in [3.05, 3.63) is 57.2 Å². The first kappa shape index (κ1) is 24.1. The summed E-state index contributed by atoms with van der Waals surface area (Å²) in [5.41, 5.74) is 2.04. The number of carbonyl (C=O) groups excluding carboxylic acids is 1. The zero-order valence-corrected chi connectivity index (χ0v) is 22.4. The van der Waals surface area contributed by atoms with Crippen LogP contribution in [0.5, 0.6) is 0 Å². The molecule has 1 aromatic carbocycles. The van der Waals surface area contributed by atoms with Crippen LogP contribution >= 0.6 is 34.5 Å². The number of likely N-dealkylation sites (tertiary alicyclic amines) is 2. The third-order valence-electron chi connectivity index (χ3n) is 7.66. The van der Waals surface area contributed by atoms with Gasteiger partial charge in [0.15, 0.2) is 0 Å². The van der Waals surface area contributed by atoms with Gasteiger partial charge in [0.1, 0.15) is 17.0 Å². The number of hydrogen-bond donors (Lipinski definition) is 1. The van der Waals surface area contributed by atoms with Gasteiger partial charge in [-0.3, -0.25) is 9.69 Å². The molecule has 2 fully saturated rings. The molecule has 10 heteroatoms. The van der Waals surface area contributed by atoms with Gasteiger partial charge in [0.2, 0.25) is 5.91 Å². The van der Waals surface area contributed by atoms with Crippen LogP contribution in [0.2, 0.25) is 10.0 Å². The fourth-order valence-corrected chi connectivity index (χ4v) is 7.24. The highest BCUT2D eigenvalue weighted by Gasteiger charge is 2.38. The second-order valence-electron chi connectivity index (χ2n) is 9.89. The molecule has 2 aromatic heterocycles. The molecule has 2 atom stereocenters. The second-order valence-corrected chi connectivity index (χ2v) is 11.8. The third-order valence-corrected chi connectivity index (χ3v) is 9.52. The molecule has 2 unspecified atom stereocenters. The second kappa shape index (κ2) is 9.91. The molecule has 0 radical (unpaired) electrons. The number of carbonyl (C=O) groups is 1. The molecule has 0 spiro atoms. The molecule has 2 saturated heterocycles. The first-order valence-corrected chi connectivity index (χ1v) is 13.9. The Morgan fingerprint density at radius 3 is 2.94 bits per heavy atom. The van der Waals surface area contributed by atoms with E-state index in [1.54, 1.807) is 35.9 Å². The summed E-state index contributed by atoms with van der Waals surface area (Å²) >= 11 is 13.9. The highest BCUT2D eigenvalue weighted by molar-refractivity contribution is 7.19. The zero-order valence-electron chi connectivity index (χ0n) is 20.1. The van der Waals surface area contributed by atoms with Crippen LogP contribution in [-0.2, 0) is 17.8 Å². The molecular weight excluding hydrogens is 515 g/mol. The van der Waals surface area contributed by atoms with E-state index in [9.17, 15) is 4.79 Å². The number of amides is 1. The predicted octanol–water partition coefficient (Wildman–Crippen LogP) is 4.82. The quantitative estimate of drug-likeness (QED) is 0.466. The number of likely N-dealkylation sites (N-methyl/N-ethyl adjacent to an activating group) is 1. The fraction of sp³-hybridized carbons (Fsp3) is 0.423. The number of benzene rings is 1. The van der Waals surface area contributed by atoms with E-state index >= 15 is 0 Å². The van der Waals surface area contributed by atoms with E-state index in [-0.39, 0.29) is 5.91 Å². The minimum Gasteiger partial charge on any atom is -0.340 e. The number of nitrogens with zero attached hydrogens (tertiary/aromatic N) is 5. The lowest BCUT2D eigenvalue weighted by atomic mass is 10.0. The Morgan fingerprint density at radius 2 is 2.11 bits per heavy atom. The molecule has 36 heavy (non-hydrogen) atoms. The third kappa shape index (κ3) is 4.61. The minimum absolute atomic E-state index is 0.0786. The molecule has 1 amide bonds. The Hall–Kier alpha value is -2.23. The highest BCUT2D eigenvalue weighted by atomic mass is 35.5. The number of nitrogens with one attached hydrogen (secondary N) is 1. The zero-order chi connectivity index (χ0) is 24.8. The molecule has 3 aliphatic rings. The van der Waals surface area contributed by atoms with Gasteiger partial charge in [-0.1, -0.05) is 29.3 Å². The van der Waals surface area contributed by atoms with Crippen molar-refractivity contribution in [1.29, 1.82) is 0 Å². The molecule has 6 rings (SSSR count). The number of hydrogen-bond acceptors (Lipinski definition) is 7. The van der Waals surface area contributed by atoms with Crippen LogP contribution in [0.3, 0.4) is 0 Å². The lowest BCUT2D eigenvalue weighted by Gasteiger charge is -2.26. The Bertz CT molecular complexity index is 1340. The maximum atomic E-state index is 13.0. The highest BCUT2D eigenvalue weighted by Crippen LogP contribution is 2.38. The lowest BCUT2D eigenvalue weighted by Crippen LogP contribution is -2.34. The van der Waals surface area contributed by atoms with E-state index in [1.165, 1.54) is 23.4 Å². The fourth-order valence-electron chi connectivity index (χ4n) is 5.74. The molecule has 1 N–H and O–H groups in total. The molecule has 5 heterocycles. The van der Waals surface area contributed by atoms with Crippen molar-refractivity contribution < 1.29 is 4.79 Å². The standard InChI is InChI=1S/C26H28Cl2N6OS/c1-32-9-6-16-12-33(13-21(16)32)8-2-3-23(35)34-10-7-18-22(14-34)36-26-24(18)25(29-15-30-26)31-17-4-5-19(27)20(28)11-17/h2-5,11,15-16,21H,6-10,12-14H2,1H3,(H,29,30,31)/b3-2+. The summed E-state index contributed by atoms with van der Waals surface area (Å²) < 4.78 is 0. The molecule has 3 aromatic rings. The molecule has 0 bridgehead atoms. The summed E-state index contributed by atoms with van der Waals surface area (Å²) in [6.07, 6.45) is 7.43. The van der Waals surface area contributed by atoms with Gasteiger partial charge in [0, 0.05) is 48.9 Å². The molecule has 3 aliphatic heterocycles. The van der Waals surface area contributed by atoms with Gasteiger partial charge in [0.05, 0.1) is 22.0 Å². The Morgan fingerprint density at radius 1 is 1.22 bits per heavy atom. The summed E-state index contributed by atoms with van der Waals surface area (Å²) in [7, 11) is 2.23. The van der Waals surface area contributed by atoms with Gasteiger partial charge in [-0.15, -0.1) is 11.3 Å². The van der Waals surface area contributed by atoms with E-state index in [4.69, 9.17) is 23.2 Å². The van der Waals surface area contributed by atoms with Crippen molar-refractivity contribution >= 4 is 62.2 Å². The van der Waals surface area contributed by atoms with Gasteiger partial charge in [-0.25, -0.2) is 9.97 Å². The van der Waals surface area contributed by atoms with Crippen LogP contribution in [0.1, 0.15) is 16.9 Å². The van der Waals surface area contributed by atoms with Crippen LogP contribution in [0, 0.1) is 5.92 Å². The smallest absolute Gasteiger partial charge is 0.246 e. The molecule has 0 aliphatic carbocycles. The van der Waals surface area contributed by atoms with E-state index in [0.717, 1.165) is 53.7 Å². The topological polar surface area (TPSA) is 64.6 Å². The first-order valence-electron chi connectivity index (χ1n) is 12.3. The van der Waals surface area contributed by atoms with Gasteiger partial charge < -0.3 is 15.1 Å². The van der Waals surface area contributed by atoms with Crippen LogP contribution in [0.4, 0.5) is 11.5 Å². The monoisotopic (exact) mass is 542 g/mol. The van der Waals surface area contributed by atoms with Crippen LogP contribution < -0.4 is 5.32 Å². The van der Waals surface area contributed by atoms with Crippen molar-refractivity contribution in [3.8, 4) is 0 Å². The van der Waals surface area contributed by atoms with Crippen LogP contribution in [0.15, 0.2) is 36.7 Å². The average molecular weight is 544 g/mol. The van der Waals surface area contributed by atoms with Crippen molar-refractivity contribution in [2.24, 2.45) is 5.92 Å². The molecule has 7 nitrogen and oxygen atoms in total. The normalized spacial score (nSPS) is 22.5. The van der Waals surface area contributed by atoms with Gasteiger partial charge in [0.25, 0.3) is 0 Å². The maximum Gasteiger partial charge on any atom is 0.246 e. The predicted molar refractivity (Wildman–Crippen MR) is 146 cm³/mol. The first-order chi connectivity index (χ1) is 17.5. The Kier molecular flexibility index (Phi) is 6.64. The SMILES string of the molecule is CN1CCC2CN(C/C=C/C(=O)N3CCc4c(sc5ncnc(Nc6ccc(Cl)c(Cl)c6)c45)C3)CC21. The van der Waals surface area contributed by atoms with E-state index in [2.05, 4.69) is 32.1 Å². The maximum absolute atomic E-state index is 13.0. The molecule has 188 valence electrons. The summed E-state index contributed by atoms with van der Waals surface area (Å²) in [4.78, 5) is 30.9. The summed E-state index contributed by atoms with van der Waals surface area (Å²) in [6, 6.07) is 6.11. The number of anilines is 2. The number of halogens is 2. The number of fused-ring (bicyclic) bond motifs is 4. The number of thiophene rings is 1. The average Bonchev–Trinajstić information content (AvgIpc) is 3.55. The van der Waals surface area contributed by atoms with Crippen molar-refractivity contribution in [2.45, 2.75) is 25.4 Å². The van der Waals surface area contributed by atoms with E-state index in [0.29, 0.717) is 29.2 Å². The van der Waals surface area contributed by atoms with Crippen molar-refractivity contribution in [3.63, 3.8) is 0 Å². The Labute approximate surface area is 224 Å². The van der Waals surface area contributed by atoms with Crippen LogP contribution in [0.25, 0.3) is 10.2 Å². The number of aromatic nitrogens is 2. The lowest BCUT2D eigenvalue weighted by molar-refractivity contribution is -0.126. The molecular formula is C26H28Cl2N6OS.